The van der Waals surface area contributed by atoms with Crippen molar-refractivity contribution in [1.29, 1.82) is 0 Å². The molecule has 0 bridgehead atoms. The van der Waals surface area contributed by atoms with Gasteiger partial charge in [0.05, 0.1) is 10.8 Å². The van der Waals surface area contributed by atoms with Crippen LogP contribution in [-0.4, -0.2) is 11.7 Å². The van der Waals surface area contributed by atoms with Gasteiger partial charge >= 0.3 is 0 Å². The molecule has 0 heterocycles. The van der Waals surface area contributed by atoms with Crippen molar-refractivity contribution in [2.75, 3.05) is 11.1 Å². The average molecular weight is 310 g/mol. The fourth-order valence-electron chi connectivity index (χ4n) is 1.63. The zero-order valence-corrected chi connectivity index (χ0v) is 12.4. The highest BCUT2D eigenvalue weighted by Gasteiger charge is 2.07. The first-order valence-corrected chi connectivity index (χ1v) is 7.36. The number of hydrogen-bond acceptors (Lipinski definition) is 2. The van der Waals surface area contributed by atoms with E-state index in [-0.39, 0.29) is 10.9 Å². The van der Waals surface area contributed by atoms with Gasteiger partial charge in [-0.25, -0.2) is 4.39 Å². The van der Waals surface area contributed by atoms with Gasteiger partial charge in [-0.05, 0) is 36.8 Å². The molecule has 0 aliphatic heterocycles. The summed E-state index contributed by atoms with van der Waals surface area (Å²) in [6.45, 7) is 2.00. The molecule has 1 amide bonds. The Hall–Kier alpha value is -1.52. The van der Waals surface area contributed by atoms with E-state index in [0.717, 1.165) is 10.5 Å². The van der Waals surface area contributed by atoms with E-state index in [4.69, 9.17) is 11.6 Å². The van der Waals surface area contributed by atoms with Crippen LogP contribution in [-0.2, 0) is 4.79 Å². The average Bonchev–Trinajstić information content (AvgIpc) is 2.42. The second-order valence-electron chi connectivity index (χ2n) is 4.23. The summed E-state index contributed by atoms with van der Waals surface area (Å²) in [5, 5.41) is 2.68. The summed E-state index contributed by atoms with van der Waals surface area (Å²) in [4.78, 5) is 12.9. The molecule has 104 valence electrons. The normalized spacial score (nSPS) is 10.3. The molecule has 2 rings (SSSR count). The maximum absolute atomic E-state index is 13.0. The van der Waals surface area contributed by atoms with Crippen molar-refractivity contribution in [2.45, 2.75) is 11.8 Å². The standard InChI is InChI=1S/C15H13ClFNOS/c1-10-4-2-3-5-14(10)20-9-15(19)18-11-6-7-13(17)12(16)8-11/h2-8H,9H2,1H3,(H,18,19). The molecule has 1 N–H and O–H groups in total. The SMILES string of the molecule is Cc1ccccc1SCC(=O)Nc1ccc(F)c(Cl)c1. The molecule has 0 aliphatic rings. The maximum atomic E-state index is 13.0. The molecular formula is C15H13ClFNOS. The van der Waals surface area contributed by atoms with Crippen LogP contribution >= 0.6 is 23.4 Å². The Balaban J connectivity index is 1.93. The lowest BCUT2D eigenvalue weighted by atomic mass is 10.2. The Morgan fingerprint density at radius 1 is 1.30 bits per heavy atom. The van der Waals surface area contributed by atoms with Crippen molar-refractivity contribution in [3.8, 4) is 0 Å². The van der Waals surface area contributed by atoms with Crippen LogP contribution in [0.3, 0.4) is 0 Å². The van der Waals surface area contributed by atoms with Crippen LogP contribution in [0.2, 0.25) is 5.02 Å². The van der Waals surface area contributed by atoms with E-state index in [9.17, 15) is 9.18 Å². The number of rotatable bonds is 4. The first-order valence-electron chi connectivity index (χ1n) is 5.99. The number of hydrogen-bond donors (Lipinski definition) is 1. The van der Waals surface area contributed by atoms with Gasteiger partial charge in [-0.15, -0.1) is 11.8 Å². The van der Waals surface area contributed by atoms with Crippen molar-refractivity contribution < 1.29 is 9.18 Å². The van der Waals surface area contributed by atoms with Crippen molar-refractivity contribution in [3.63, 3.8) is 0 Å². The van der Waals surface area contributed by atoms with Crippen molar-refractivity contribution in [3.05, 3.63) is 58.9 Å². The largest absolute Gasteiger partial charge is 0.325 e. The molecule has 0 spiro atoms. The number of halogens is 2. The van der Waals surface area contributed by atoms with Gasteiger partial charge in [-0.3, -0.25) is 4.79 Å². The van der Waals surface area contributed by atoms with E-state index in [1.165, 1.54) is 30.0 Å². The lowest BCUT2D eigenvalue weighted by Gasteiger charge is -2.07. The summed E-state index contributed by atoms with van der Waals surface area (Å²) in [6, 6.07) is 12.0. The number of carbonyl (C=O) groups excluding carboxylic acids is 1. The third kappa shape index (κ3) is 3.99. The smallest absolute Gasteiger partial charge is 0.234 e. The number of aryl methyl sites for hydroxylation is 1. The number of amides is 1. The number of carbonyl (C=O) groups is 1. The molecule has 20 heavy (non-hydrogen) atoms. The zero-order chi connectivity index (χ0) is 14.5. The molecule has 0 radical (unpaired) electrons. The highest BCUT2D eigenvalue weighted by molar-refractivity contribution is 8.00. The minimum atomic E-state index is -0.501. The number of nitrogens with one attached hydrogen (secondary N) is 1. The molecule has 0 atom stereocenters. The maximum Gasteiger partial charge on any atom is 0.234 e. The minimum absolute atomic E-state index is 0.00523. The number of thioether (sulfide) groups is 1. The fourth-order valence-corrected chi connectivity index (χ4v) is 2.64. The molecule has 0 aromatic heterocycles. The highest BCUT2D eigenvalue weighted by Crippen LogP contribution is 2.23. The molecule has 0 saturated heterocycles. The van der Waals surface area contributed by atoms with E-state index in [2.05, 4.69) is 5.32 Å². The Labute approximate surface area is 126 Å². The molecular weight excluding hydrogens is 297 g/mol. The third-order valence-corrected chi connectivity index (χ3v) is 4.12. The quantitative estimate of drug-likeness (QED) is 0.841. The van der Waals surface area contributed by atoms with Crippen LogP contribution in [0.4, 0.5) is 10.1 Å². The van der Waals surface area contributed by atoms with Crippen LogP contribution in [0.1, 0.15) is 5.56 Å². The Bertz CT molecular complexity index is 633. The van der Waals surface area contributed by atoms with Gasteiger partial charge in [0.2, 0.25) is 5.91 Å². The van der Waals surface area contributed by atoms with Crippen LogP contribution in [0.5, 0.6) is 0 Å². The van der Waals surface area contributed by atoms with Crippen LogP contribution in [0.25, 0.3) is 0 Å². The second-order valence-corrected chi connectivity index (χ2v) is 5.66. The zero-order valence-electron chi connectivity index (χ0n) is 10.8. The van der Waals surface area contributed by atoms with Gasteiger partial charge in [0, 0.05) is 10.6 Å². The Kier molecular flexibility index (Phi) is 5.04. The molecule has 2 aromatic carbocycles. The van der Waals surface area contributed by atoms with E-state index >= 15 is 0 Å². The van der Waals surface area contributed by atoms with Crippen LogP contribution < -0.4 is 5.32 Å². The van der Waals surface area contributed by atoms with Crippen LogP contribution in [0, 0.1) is 12.7 Å². The van der Waals surface area contributed by atoms with Gasteiger partial charge in [0.25, 0.3) is 0 Å². The summed E-state index contributed by atoms with van der Waals surface area (Å²) in [5.41, 5.74) is 1.63. The number of anilines is 1. The molecule has 0 fully saturated rings. The van der Waals surface area contributed by atoms with E-state index in [0.29, 0.717) is 11.4 Å². The molecule has 0 saturated carbocycles. The third-order valence-electron chi connectivity index (χ3n) is 2.66. The Morgan fingerprint density at radius 3 is 2.75 bits per heavy atom. The van der Waals surface area contributed by atoms with Crippen molar-refractivity contribution in [1.82, 2.24) is 0 Å². The van der Waals surface area contributed by atoms with Gasteiger partial charge in [0.15, 0.2) is 0 Å². The summed E-state index contributed by atoms with van der Waals surface area (Å²) in [6.07, 6.45) is 0. The summed E-state index contributed by atoms with van der Waals surface area (Å²) in [5.74, 6) is -0.361. The monoisotopic (exact) mass is 309 g/mol. The van der Waals surface area contributed by atoms with E-state index in [1.807, 2.05) is 31.2 Å². The molecule has 0 unspecified atom stereocenters. The van der Waals surface area contributed by atoms with Gasteiger partial charge < -0.3 is 5.32 Å². The van der Waals surface area contributed by atoms with Gasteiger partial charge in [-0.2, -0.15) is 0 Å². The molecule has 5 heteroatoms. The summed E-state index contributed by atoms with van der Waals surface area (Å²) >= 11 is 7.12. The topological polar surface area (TPSA) is 29.1 Å². The number of benzene rings is 2. The first-order chi connectivity index (χ1) is 9.56. The summed E-state index contributed by atoms with van der Waals surface area (Å²) < 4.78 is 13.0. The summed E-state index contributed by atoms with van der Waals surface area (Å²) in [7, 11) is 0. The fraction of sp³-hybridized carbons (Fsp3) is 0.133. The van der Waals surface area contributed by atoms with E-state index in [1.54, 1.807) is 0 Å². The van der Waals surface area contributed by atoms with Crippen molar-refractivity contribution >= 4 is 35.0 Å². The van der Waals surface area contributed by atoms with Gasteiger partial charge in [-0.1, -0.05) is 29.8 Å². The predicted octanol–water partition coefficient (Wildman–Crippen LogP) is 4.52. The second kappa shape index (κ2) is 6.77. The highest BCUT2D eigenvalue weighted by atomic mass is 35.5. The van der Waals surface area contributed by atoms with Crippen LogP contribution in [0.15, 0.2) is 47.4 Å². The molecule has 2 nitrogen and oxygen atoms in total. The van der Waals surface area contributed by atoms with Gasteiger partial charge in [0.1, 0.15) is 5.82 Å². The minimum Gasteiger partial charge on any atom is -0.325 e. The van der Waals surface area contributed by atoms with Crippen molar-refractivity contribution in [2.24, 2.45) is 0 Å². The molecule has 0 aliphatic carbocycles. The lowest BCUT2D eigenvalue weighted by molar-refractivity contribution is -0.113. The first kappa shape index (κ1) is 14.9. The molecule has 2 aromatic rings. The lowest BCUT2D eigenvalue weighted by Crippen LogP contribution is -2.14. The predicted molar refractivity (Wildman–Crippen MR) is 81.9 cm³/mol. The van der Waals surface area contributed by atoms with E-state index < -0.39 is 5.82 Å². The Morgan fingerprint density at radius 2 is 2.05 bits per heavy atom.